The molecular weight excluding hydrogens is 230 g/mol. The maximum atomic E-state index is 12.3. The van der Waals surface area contributed by atoms with Gasteiger partial charge < -0.3 is 14.7 Å². The Morgan fingerprint density at radius 3 is 3.00 bits per heavy atom. The summed E-state index contributed by atoms with van der Waals surface area (Å²) in [6.45, 7) is 5.85. The predicted molar refractivity (Wildman–Crippen MR) is 68.3 cm³/mol. The van der Waals surface area contributed by atoms with Gasteiger partial charge in [-0.2, -0.15) is 0 Å². The molecule has 1 amide bonds. The highest BCUT2D eigenvalue weighted by atomic mass is 16.5. The minimum Gasteiger partial charge on any atom is -0.364 e. The molecule has 1 aliphatic heterocycles. The van der Waals surface area contributed by atoms with E-state index in [0.29, 0.717) is 11.7 Å². The van der Waals surface area contributed by atoms with Crippen molar-refractivity contribution in [1.82, 2.24) is 15.4 Å². The van der Waals surface area contributed by atoms with E-state index in [1.54, 1.807) is 6.07 Å². The Kier molecular flexibility index (Phi) is 4.36. The fourth-order valence-electron chi connectivity index (χ4n) is 2.32. The first-order valence-corrected chi connectivity index (χ1v) is 6.63. The van der Waals surface area contributed by atoms with Crippen molar-refractivity contribution < 1.29 is 9.32 Å². The SMILES string of the molecule is CC(C)N(CC1CCCCN1)C(=O)c1ccon1. The van der Waals surface area contributed by atoms with Gasteiger partial charge in [-0.15, -0.1) is 0 Å². The molecule has 1 aromatic rings. The van der Waals surface area contributed by atoms with Gasteiger partial charge in [0.2, 0.25) is 0 Å². The average molecular weight is 251 g/mol. The van der Waals surface area contributed by atoms with Crippen molar-refractivity contribution in [3.8, 4) is 0 Å². The highest BCUT2D eigenvalue weighted by Crippen LogP contribution is 2.13. The summed E-state index contributed by atoms with van der Waals surface area (Å²) in [5.74, 6) is -0.0499. The summed E-state index contributed by atoms with van der Waals surface area (Å²) in [7, 11) is 0. The van der Waals surface area contributed by atoms with Crippen molar-refractivity contribution in [2.24, 2.45) is 0 Å². The van der Waals surface area contributed by atoms with Crippen LogP contribution in [0.2, 0.25) is 0 Å². The summed E-state index contributed by atoms with van der Waals surface area (Å²) >= 11 is 0. The molecule has 5 nitrogen and oxygen atoms in total. The molecule has 0 aromatic carbocycles. The molecule has 2 heterocycles. The van der Waals surface area contributed by atoms with E-state index in [-0.39, 0.29) is 11.9 Å². The van der Waals surface area contributed by atoms with Gasteiger partial charge in [-0.05, 0) is 33.2 Å². The number of aromatic nitrogens is 1. The topological polar surface area (TPSA) is 58.4 Å². The Hall–Kier alpha value is -1.36. The lowest BCUT2D eigenvalue weighted by Gasteiger charge is -2.32. The Labute approximate surface area is 108 Å². The van der Waals surface area contributed by atoms with Crippen LogP contribution >= 0.6 is 0 Å². The second-order valence-electron chi connectivity index (χ2n) is 5.08. The third kappa shape index (κ3) is 3.10. The van der Waals surface area contributed by atoms with Crippen LogP contribution in [0.25, 0.3) is 0 Å². The van der Waals surface area contributed by atoms with Gasteiger partial charge in [0.15, 0.2) is 5.69 Å². The Balaban J connectivity index is 2.01. The van der Waals surface area contributed by atoms with Gasteiger partial charge in [0.25, 0.3) is 5.91 Å². The standard InChI is InChI=1S/C13H21N3O2/c1-10(2)16(9-11-5-3-4-7-14-11)13(17)12-6-8-18-15-12/h6,8,10-11,14H,3-5,7,9H2,1-2H3. The molecule has 100 valence electrons. The molecule has 1 unspecified atom stereocenters. The van der Waals surface area contributed by atoms with Crippen LogP contribution in [0.1, 0.15) is 43.6 Å². The lowest BCUT2D eigenvalue weighted by atomic mass is 10.0. The zero-order chi connectivity index (χ0) is 13.0. The van der Waals surface area contributed by atoms with Crippen molar-refractivity contribution >= 4 is 5.91 Å². The Morgan fingerprint density at radius 2 is 2.44 bits per heavy atom. The van der Waals surface area contributed by atoms with Crippen LogP contribution in [-0.4, -0.2) is 41.1 Å². The van der Waals surface area contributed by atoms with E-state index in [4.69, 9.17) is 4.52 Å². The summed E-state index contributed by atoms with van der Waals surface area (Å²) in [4.78, 5) is 14.2. The molecule has 1 aromatic heterocycles. The van der Waals surface area contributed by atoms with E-state index in [1.165, 1.54) is 19.1 Å². The van der Waals surface area contributed by atoms with Crippen LogP contribution in [0, 0.1) is 0 Å². The Morgan fingerprint density at radius 1 is 1.61 bits per heavy atom. The number of piperidine rings is 1. The molecule has 5 heteroatoms. The van der Waals surface area contributed by atoms with Crippen LogP contribution in [0.15, 0.2) is 16.9 Å². The van der Waals surface area contributed by atoms with E-state index < -0.39 is 0 Å². The smallest absolute Gasteiger partial charge is 0.276 e. The summed E-state index contributed by atoms with van der Waals surface area (Å²) in [6.07, 6.45) is 5.04. The molecular formula is C13H21N3O2. The second-order valence-corrected chi connectivity index (χ2v) is 5.08. The minimum absolute atomic E-state index is 0.0499. The van der Waals surface area contributed by atoms with E-state index in [0.717, 1.165) is 19.5 Å². The molecule has 1 N–H and O–H groups in total. The zero-order valence-corrected chi connectivity index (χ0v) is 11.1. The summed E-state index contributed by atoms with van der Waals surface area (Å²) in [6, 6.07) is 2.18. The van der Waals surface area contributed by atoms with E-state index in [9.17, 15) is 4.79 Å². The van der Waals surface area contributed by atoms with E-state index in [1.807, 2.05) is 18.7 Å². The summed E-state index contributed by atoms with van der Waals surface area (Å²) in [5, 5.41) is 7.19. The Bertz CT molecular complexity index is 370. The number of carbonyl (C=O) groups is 1. The average Bonchev–Trinajstić information content (AvgIpc) is 2.90. The van der Waals surface area contributed by atoms with Gasteiger partial charge in [0.05, 0.1) is 0 Å². The van der Waals surface area contributed by atoms with Crippen LogP contribution in [0.5, 0.6) is 0 Å². The largest absolute Gasteiger partial charge is 0.364 e. The van der Waals surface area contributed by atoms with Crippen molar-refractivity contribution in [3.05, 3.63) is 18.0 Å². The van der Waals surface area contributed by atoms with Crippen molar-refractivity contribution in [1.29, 1.82) is 0 Å². The molecule has 0 saturated carbocycles. The second kappa shape index (κ2) is 6.00. The maximum Gasteiger partial charge on any atom is 0.276 e. The molecule has 0 bridgehead atoms. The first-order chi connectivity index (χ1) is 8.68. The number of hydrogen-bond acceptors (Lipinski definition) is 4. The lowest BCUT2D eigenvalue weighted by Crippen LogP contribution is -2.48. The van der Waals surface area contributed by atoms with Crippen LogP contribution in [-0.2, 0) is 0 Å². The maximum absolute atomic E-state index is 12.3. The van der Waals surface area contributed by atoms with Gasteiger partial charge in [-0.3, -0.25) is 4.79 Å². The third-order valence-corrected chi connectivity index (χ3v) is 3.37. The molecule has 1 atom stereocenters. The number of hydrogen-bond donors (Lipinski definition) is 1. The summed E-state index contributed by atoms with van der Waals surface area (Å²) in [5.41, 5.74) is 0.388. The first kappa shape index (κ1) is 13.1. The molecule has 0 spiro atoms. The molecule has 2 rings (SSSR count). The van der Waals surface area contributed by atoms with Crippen LogP contribution in [0.3, 0.4) is 0 Å². The minimum atomic E-state index is -0.0499. The zero-order valence-electron chi connectivity index (χ0n) is 11.1. The third-order valence-electron chi connectivity index (χ3n) is 3.37. The number of nitrogens with zero attached hydrogens (tertiary/aromatic N) is 2. The van der Waals surface area contributed by atoms with E-state index in [2.05, 4.69) is 10.5 Å². The number of rotatable bonds is 4. The quantitative estimate of drug-likeness (QED) is 0.884. The van der Waals surface area contributed by atoms with Gasteiger partial charge in [-0.25, -0.2) is 0 Å². The highest BCUT2D eigenvalue weighted by molar-refractivity contribution is 5.92. The monoisotopic (exact) mass is 251 g/mol. The first-order valence-electron chi connectivity index (χ1n) is 6.63. The van der Waals surface area contributed by atoms with Gasteiger partial charge in [0, 0.05) is 24.7 Å². The fraction of sp³-hybridized carbons (Fsp3) is 0.692. The molecule has 18 heavy (non-hydrogen) atoms. The molecule has 1 aliphatic rings. The van der Waals surface area contributed by atoms with Crippen LogP contribution < -0.4 is 5.32 Å². The molecule has 0 radical (unpaired) electrons. The highest BCUT2D eigenvalue weighted by Gasteiger charge is 2.25. The fourth-order valence-corrected chi connectivity index (χ4v) is 2.32. The number of carbonyl (C=O) groups excluding carboxylic acids is 1. The number of amides is 1. The van der Waals surface area contributed by atoms with Crippen LogP contribution in [0.4, 0.5) is 0 Å². The predicted octanol–water partition coefficient (Wildman–Crippen LogP) is 1.67. The van der Waals surface area contributed by atoms with Gasteiger partial charge in [-0.1, -0.05) is 11.6 Å². The molecule has 1 saturated heterocycles. The normalized spacial score (nSPS) is 20.1. The van der Waals surface area contributed by atoms with Crippen molar-refractivity contribution in [2.45, 2.75) is 45.2 Å². The van der Waals surface area contributed by atoms with Crippen molar-refractivity contribution in [3.63, 3.8) is 0 Å². The molecule has 1 fully saturated rings. The van der Waals surface area contributed by atoms with Gasteiger partial charge in [0.1, 0.15) is 6.26 Å². The lowest BCUT2D eigenvalue weighted by molar-refractivity contribution is 0.0666. The molecule has 0 aliphatic carbocycles. The number of nitrogens with one attached hydrogen (secondary N) is 1. The van der Waals surface area contributed by atoms with E-state index >= 15 is 0 Å². The van der Waals surface area contributed by atoms with Gasteiger partial charge >= 0.3 is 0 Å². The van der Waals surface area contributed by atoms with Crippen molar-refractivity contribution in [2.75, 3.05) is 13.1 Å². The summed E-state index contributed by atoms with van der Waals surface area (Å²) < 4.78 is 4.74.